The second kappa shape index (κ2) is 8.58. The Hall–Kier alpha value is -1.49. The van der Waals surface area contributed by atoms with Gasteiger partial charge in [0.2, 0.25) is 0 Å². The van der Waals surface area contributed by atoms with Crippen molar-refractivity contribution in [2.75, 3.05) is 12.3 Å². The van der Waals surface area contributed by atoms with Crippen LogP contribution in [-0.2, 0) is 0 Å². The molecule has 0 aromatic heterocycles. The topological polar surface area (TPSA) is 66.4 Å². The Labute approximate surface area is 118 Å². The first kappa shape index (κ1) is 15.6. The first-order chi connectivity index (χ1) is 9.19. The maximum absolute atomic E-state index is 11.8. The zero-order valence-corrected chi connectivity index (χ0v) is 11.7. The van der Waals surface area contributed by atoms with Crippen molar-refractivity contribution in [3.63, 3.8) is 0 Å². The standard InChI is InChI=1S/C14H19NO3S/c16-10-11-5-6-13(17)12(9-11)14(18)15-7-3-1-2-4-8-19/h5-6,9-10,17,19H,1-4,7-8H2,(H,15,18). The zero-order chi connectivity index (χ0) is 14.1. The van der Waals surface area contributed by atoms with Gasteiger partial charge in [0.05, 0.1) is 5.56 Å². The van der Waals surface area contributed by atoms with Gasteiger partial charge >= 0.3 is 0 Å². The summed E-state index contributed by atoms with van der Waals surface area (Å²) >= 11 is 4.13. The summed E-state index contributed by atoms with van der Waals surface area (Å²) in [5.74, 6) is 0.423. The zero-order valence-electron chi connectivity index (χ0n) is 10.8. The van der Waals surface area contributed by atoms with Crippen LogP contribution in [0.1, 0.15) is 46.4 Å². The molecule has 0 heterocycles. The van der Waals surface area contributed by atoms with Gasteiger partial charge in [-0.1, -0.05) is 12.8 Å². The van der Waals surface area contributed by atoms with Crippen molar-refractivity contribution >= 4 is 24.8 Å². The first-order valence-electron chi connectivity index (χ1n) is 6.36. The number of phenolic OH excluding ortho intramolecular Hbond substituents is 1. The predicted octanol–water partition coefficient (Wildman–Crippen LogP) is 2.42. The second-order valence-corrected chi connectivity index (χ2v) is 4.74. The van der Waals surface area contributed by atoms with Crippen LogP contribution in [0.25, 0.3) is 0 Å². The largest absolute Gasteiger partial charge is 0.507 e. The number of rotatable bonds is 8. The van der Waals surface area contributed by atoms with E-state index in [9.17, 15) is 14.7 Å². The number of aldehydes is 1. The molecule has 1 aromatic carbocycles. The van der Waals surface area contributed by atoms with E-state index in [1.165, 1.54) is 18.2 Å². The van der Waals surface area contributed by atoms with E-state index in [1.807, 2.05) is 0 Å². The molecule has 0 aliphatic heterocycles. The van der Waals surface area contributed by atoms with E-state index in [2.05, 4.69) is 17.9 Å². The smallest absolute Gasteiger partial charge is 0.255 e. The van der Waals surface area contributed by atoms with Gasteiger partial charge in [0.25, 0.3) is 5.91 Å². The van der Waals surface area contributed by atoms with Crippen LogP contribution < -0.4 is 5.32 Å². The maximum Gasteiger partial charge on any atom is 0.255 e. The molecule has 0 aliphatic rings. The number of unbranched alkanes of at least 4 members (excludes halogenated alkanes) is 3. The summed E-state index contributed by atoms with van der Waals surface area (Å²) in [6.45, 7) is 0.566. The molecule has 1 amide bonds. The van der Waals surface area contributed by atoms with Crippen LogP contribution in [0.5, 0.6) is 5.75 Å². The van der Waals surface area contributed by atoms with Gasteiger partial charge in [-0.2, -0.15) is 12.6 Å². The van der Waals surface area contributed by atoms with Crippen LogP contribution in [0.15, 0.2) is 18.2 Å². The molecule has 1 aromatic rings. The molecule has 0 aliphatic carbocycles. The van der Waals surface area contributed by atoms with Gasteiger partial charge < -0.3 is 10.4 Å². The SMILES string of the molecule is O=Cc1ccc(O)c(C(=O)NCCCCCCS)c1. The molecule has 0 unspecified atom stereocenters. The maximum atomic E-state index is 11.8. The Morgan fingerprint density at radius 3 is 2.68 bits per heavy atom. The third-order valence-corrected chi connectivity index (χ3v) is 3.09. The van der Waals surface area contributed by atoms with Crippen LogP contribution in [-0.4, -0.2) is 29.6 Å². The molecule has 0 bridgehead atoms. The van der Waals surface area contributed by atoms with Crippen LogP contribution in [0, 0.1) is 0 Å². The highest BCUT2D eigenvalue weighted by Crippen LogP contribution is 2.17. The summed E-state index contributed by atoms with van der Waals surface area (Å²) in [6.07, 6.45) is 4.77. The Morgan fingerprint density at radius 2 is 2.00 bits per heavy atom. The average Bonchev–Trinajstić information content (AvgIpc) is 2.43. The lowest BCUT2D eigenvalue weighted by Gasteiger charge is -2.07. The summed E-state index contributed by atoms with van der Waals surface area (Å²) in [4.78, 5) is 22.5. The number of carbonyl (C=O) groups excluding carboxylic acids is 2. The number of hydrogen-bond acceptors (Lipinski definition) is 4. The number of hydrogen-bond donors (Lipinski definition) is 3. The lowest BCUT2D eigenvalue weighted by atomic mass is 10.1. The molecule has 0 spiro atoms. The molecular weight excluding hydrogens is 262 g/mol. The summed E-state index contributed by atoms with van der Waals surface area (Å²) in [5.41, 5.74) is 0.511. The van der Waals surface area contributed by atoms with Crippen molar-refractivity contribution in [3.8, 4) is 5.75 Å². The monoisotopic (exact) mass is 281 g/mol. The Morgan fingerprint density at radius 1 is 1.26 bits per heavy atom. The summed E-state index contributed by atoms with van der Waals surface area (Å²) in [5, 5.41) is 12.3. The van der Waals surface area contributed by atoms with Gasteiger partial charge in [-0.15, -0.1) is 0 Å². The number of amides is 1. The Bertz CT molecular complexity index is 435. The quantitative estimate of drug-likeness (QED) is 0.389. The molecule has 2 N–H and O–H groups in total. The lowest BCUT2D eigenvalue weighted by Crippen LogP contribution is -2.24. The summed E-state index contributed by atoms with van der Waals surface area (Å²) < 4.78 is 0. The number of benzene rings is 1. The minimum atomic E-state index is -0.351. The second-order valence-electron chi connectivity index (χ2n) is 4.29. The third kappa shape index (κ3) is 5.34. The van der Waals surface area contributed by atoms with E-state index < -0.39 is 0 Å². The van der Waals surface area contributed by atoms with E-state index in [4.69, 9.17) is 0 Å². The molecule has 0 radical (unpaired) electrons. The van der Waals surface area contributed by atoms with Gasteiger partial charge in [0.15, 0.2) is 0 Å². The van der Waals surface area contributed by atoms with Gasteiger partial charge in [0, 0.05) is 12.1 Å². The van der Waals surface area contributed by atoms with E-state index in [0.717, 1.165) is 31.4 Å². The third-order valence-electron chi connectivity index (χ3n) is 2.77. The predicted molar refractivity (Wildman–Crippen MR) is 78.1 cm³/mol. The molecule has 0 fully saturated rings. The number of phenols is 1. The van der Waals surface area contributed by atoms with E-state index >= 15 is 0 Å². The van der Waals surface area contributed by atoms with Gasteiger partial charge in [0.1, 0.15) is 12.0 Å². The molecule has 0 saturated heterocycles. The summed E-state index contributed by atoms with van der Waals surface area (Å²) in [7, 11) is 0. The van der Waals surface area contributed by atoms with Crippen LogP contribution in [0.3, 0.4) is 0 Å². The number of nitrogens with one attached hydrogen (secondary N) is 1. The highest BCUT2D eigenvalue weighted by Gasteiger charge is 2.11. The van der Waals surface area contributed by atoms with Gasteiger partial charge in [-0.05, 0) is 36.8 Å². The fourth-order valence-electron chi connectivity index (χ4n) is 1.70. The minimum Gasteiger partial charge on any atom is -0.507 e. The Balaban J connectivity index is 2.43. The van der Waals surface area contributed by atoms with E-state index in [-0.39, 0.29) is 17.2 Å². The highest BCUT2D eigenvalue weighted by molar-refractivity contribution is 7.80. The van der Waals surface area contributed by atoms with Crippen molar-refractivity contribution in [1.82, 2.24) is 5.32 Å². The summed E-state index contributed by atoms with van der Waals surface area (Å²) in [6, 6.07) is 4.21. The van der Waals surface area contributed by atoms with Crippen LogP contribution >= 0.6 is 12.6 Å². The Kier molecular flexibility index (Phi) is 7.03. The molecule has 19 heavy (non-hydrogen) atoms. The van der Waals surface area contributed by atoms with Crippen LogP contribution in [0.2, 0.25) is 0 Å². The first-order valence-corrected chi connectivity index (χ1v) is 6.99. The van der Waals surface area contributed by atoms with Gasteiger partial charge in [-0.25, -0.2) is 0 Å². The molecule has 1 rings (SSSR count). The average molecular weight is 281 g/mol. The van der Waals surface area contributed by atoms with Crippen molar-refractivity contribution in [2.24, 2.45) is 0 Å². The number of thiol groups is 1. The number of aromatic hydroxyl groups is 1. The molecule has 0 atom stereocenters. The molecule has 4 nitrogen and oxygen atoms in total. The minimum absolute atomic E-state index is 0.113. The van der Waals surface area contributed by atoms with Crippen molar-refractivity contribution in [1.29, 1.82) is 0 Å². The van der Waals surface area contributed by atoms with Crippen molar-refractivity contribution < 1.29 is 14.7 Å². The normalized spacial score (nSPS) is 10.2. The highest BCUT2D eigenvalue weighted by atomic mass is 32.1. The van der Waals surface area contributed by atoms with Crippen molar-refractivity contribution in [3.05, 3.63) is 29.3 Å². The molecular formula is C14H19NO3S. The van der Waals surface area contributed by atoms with E-state index in [0.29, 0.717) is 18.4 Å². The van der Waals surface area contributed by atoms with Crippen LogP contribution in [0.4, 0.5) is 0 Å². The molecule has 5 heteroatoms. The fraction of sp³-hybridized carbons (Fsp3) is 0.429. The molecule has 104 valence electrons. The fourth-order valence-corrected chi connectivity index (χ4v) is 1.92. The lowest BCUT2D eigenvalue weighted by molar-refractivity contribution is 0.0950. The number of carbonyl (C=O) groups is 2. The van der Waals surface area contributed by atoms with E-state index in [1.54, 1.807) is 0 Å². The molecule has 0 saturated carbocycles. The van der Waals surface area contributed by atoms with Crippen molar-refractivity contribution in [2.45, 2.75) is 25.7 Å². The van der Waals surface area contributed by atoms with Gasteiger partial charge in [-0.3, -0.25) is 9.59 Å².